The van der Waals surface area contributed by atoms with Crippen LogP contribution in [0, 0.1) is 0 Å². The Hall–Kier alpha value is -1.06. The van der Waals surface area contributed by atoms with Crippen molar-refractivity contribution in [3.05, 3.63) is 30.3 Å². The van der Waals surface area contributed by atoms with Crippen LogP contribution < -0.4 is 4.90 Å². The molecule has 1 aromatic rings. The zero-order chi connectivity index (χ0) is 13.8. The van der Waals surface area contributed by atoms with Gasteiger partial charge in [0.2, 0.25) is 0 Å². The summed E-state index contributed by atoms with van der Waals surface area (Å²) in [5.74, 6) is 0. The second-order valence-electron chi connectivity index (χ2n) is 6.02. The first-order valence-electron chi connectivity index (χ1n) is 8.13. The van der Waals surface area contributed by atoms with Gasteiger partial charge in [-0.05, 0) is 44.6 Å². The molecule has 1 aromatic carbocycles. The topological polar surface area (TPSA) is 9.72 Å². The molecular weight excluding hydrogens is 246 g/mol. The molecular formula is C17H27N3. The van der Waals surface area contributed by atoms with Crippen LogP contribution in [0.1, 0.15) is 19.8 Å². The second-order valence-corrected chi connectivity index (χ2v) is 6.02. The average Bonchev–Trinajstić information content (AvgIpc) is 2.56. The molecule has 0 amide bonds. The van der Waals surface area contributed by atoms with Crippen LogP contribution >= 0.6 is 0 Å². The van der Waals surface area contributed by atoms with Crippen LogP contribution in [-0.2, 0) is 0 Å². The fourth-order valence-corrected chi connectivity index (χ4v) is 3.58. The number of likely N-dealkylation sites (tertiary alicyclic amines) is 1. The first-order chi connectivity index (χ1) is 9.86. The fraction of sp³-hybridized carbons (Fsp3) is 0.647. The summed E-state index contributed by atoms with van der Waals surface area (Å²) in [4.78, 5) is 7.83. The maximum absolute atomic E-state index is 2.73. The lowest BCUT2D eigenvalue weighted by Gasteiger charge is -2.43. The van der Waals surface area contributed by atoms with Crippen molar-refractivity contribution in [1.82, 2.24) is 9.80 Å². The van der Waals surface area contributed by atoms with E-state index < -0.39 is 0 Å². The van der Waals surface area contributed by atoms with Gasteiger partial charge in [-0.25, -0.2) is 0 Å². The molecule has 3 heteroatoms. The Morgan fingerprint density at radius 3 is 2.15 bits per heavy atom. The third kappa shape index (κ3) is 3.15. The van der Waals surface area contributed by atoms with Gasteiger partial charge >= 0.3 is 0 Å². The Bertz CT molecular complexity index is 390. The Morgan fingerprint density at radius 2 is 1.55 bits per heavy atom. The number of piperazine rings is 1. The lowest BCUT2D eigenvalue weighted by Crippen LogP contribution is -2.53. The highest BCUT2D eigenvalue weighted by molar-refractivity contribution is 5.46. The van der Waals surface area contributed by atoms with Gasteiger partial charge in [-0.3, -0.25) is 4.90 Å². The van der Waals surface area contributed by atoms with E-state index in [4.69, 9.17) is 0 Å². The van der Waals surface area contributed by atoms with Gasteiger partial charge in [0.15, 0.2) is 0 Å². The molecule has 2 heterocycles. The molecule has 2 saturated heterocycles. The van der Waals surface area contributed by atoms with Crippen molar-refractivity contribution in [2.75, 3.05) is 50.7 Å². The van der Waals surface area contributed by atoms with Crippen LogP contribution in [0.25, 0.3) is 0 Å². The molecule has 0 bridgehead atoms. The van der Waals surface area contributed by atoms with E-state index in [1.165, 1.54) is 64.3 Å². The van der Waals surface area contributed by atoms with Crippen molar-refractivity contribution in [2.45, 2.75) is 25.8 Å². The highest BCUT2D eigenvalue weighted by Crippen LogP contribution is 2.21. The standard InChI is InChI=1S/C17H27N3/c1-2-18-10-8-17(9-11-18)20-14-12-19(13-15-20)16-6-4-3-5-7-16/h3-7,17H,2,8-15H2,1H3. The molecule has 3 nitrogen and oxygen atoms in total. The lowest BCUT2D eigenvalue weighted by molar-refractivity contribution is 0.106. The van der Waals surface area contributed by atoms with Crippen molar-refractivity contribution in [3.8, 4) is 0 Å². The fourth-order valence-electron chi connectivity index (χ4n) is 3.58. The Kier molecular flexibility index (Phi) is 4.58. The lowest BCUT2D eigenvalue weighted by atomic mass is 10.0. The molecule has 110 valence electrons. The number of hydrogen-bond acceptors (Lipinski definition) is 3. The van der Waals surface area contributed by atoms with E-state index in [2.05, 4.69) is 52.0 Å². The van der Waals surface area contributed by atoms with Crippen LogP contribution in [0.15, 0.2) is 30.3 Å². The van der Waals surface area contributed by atoms with E-state index in [0.29, 0.717) is 0 Å². The van der Waals surface area contributed by atoms with Crippen molar-refractivity contribution in [3.63, 3.8) is 0 Å². The number of hydrogen-bond donors (Lipinski definition) is 0. The van der Waals surface area contributed by atoms with Gasteiger partial charge in [0.05, 0.1) is 0 Å². The van der Waals surface area contributed by atoms with E-state index in [1.54, 1.807) is 0 Å². The van der Waals surface area contributed by atoms with Gasteiger partial charge in [-0.1, -0.05) is 25.1 Å². The van der Waals surface area contributed by atoms with Crippen LogP contribution in [-0.4, -0.2) is 61.7 Å². The maximum atomic E-state index is 2.73. The Morgan fingerprint density at radius 1 is 0.900 bits per heavy atom. The highest BCUT2D eigenvalue weighted by atomic mass is 15.3. The molecule has 0 radical (unpaired) electrons. The zero-order valence-corrected chi connectivity index (χ0v) is 12.7. The van der Waals surface area contributed by atoms with E-state index in [0.717, 1.165) is 6.04 Å². The summed E-state index contributed by atoms with van der Waals surface area (Å²) < 4.78 is 0. The summed E-state index contributed by atoms with van der Waals surface area (Å²) in [6.07, 6.45) is 2.72. The molecule has 2 aliphatic rings. The van der Waals surface area contributed by atoms with Gasteiger partial charge in [0.25, 0.3) is 0 Å². The van der Waals surface area contributed by atoms with Crippen LogP contribution in [0.4, 0.5) is 5.69 Å². The monoisotopic (exact) mass is 273 g/mol. The normalized spacial score (nSPS) is 23.1. The number of benzene rings is 1. The molecule has 0 N–H and O–H groups in total. The molecule has 20 heavy (non-hydrogen) atoms. The summed E-state index contributed by atoms with van der Waals surface area (Å²) >= 11 is 0. The predicted molar refractivity (Wildman–Crippen MR) is 85.4 cm³/mol. The van der Waals surface area contributed by atoms with E-state index in [9.17, 15) is 0 Å². The summed E-state index contributed by atoms with van der Waals surface area (Å²) in [5.41, 5.74) is 1.38. The SMILES string of the molecule is CCN1CCC(N2CCN(c3ccccc3)CC2)CC1. The minimum absolute atomic E-state index is 0.829. The van der Waals surface area contributed by atoms with Gasteiger partial charge in [-0.2, -0.15) is 0 Å². The third-order valence-corrected chi connectivity index (χ3v) is 4.96. The number of para-hydroxylation sites is 1. The van der Waals surface area contributed by atoms with Gasteiger partial charge in [0, 0.05) is 37.9 Å². The Labute approximate surface area is 123 Å². The molecule has 0 unspecified atom stereocenters. The molecule has 3 rings (SSSR count). The van der Waals surface area contributed by atoms with Gasteiger partial charge < -0.3 is 9.80 Å². The molecule has 2 aliphatic heterocycles. The number of piperidine rings is 1. The predicted octanol–water partition coefficient (Wildman–Crippen LogP) is 2.29. The highest BCUT2D eigenvalue weighted by Gasteiger charge is 2.26. The molecule has 0 aromatic heterocycles. The quantitative estimate of drug-likeness (QED) is 0.836. The van der Waals surface area contributed by atoms with Crippen molar-refractivity contribution < 1.29 is 0 Å². The molecule has 0 aliphatic carbocycles. The van der Waals surface area contributed by atoms with E-state index in [-0.39, 0.29) is 0 Å². The number of anilines is 1. The molecule has 0 saturated carbocycles. The summed E-state index contributed by atoms with van der Waals surface area (Å²) in [7, 11) is 0. The first-order valence-corrected chi connectivity index (χ1v) is 8.13. The minimum Gasteiger partial charge on any atom is -0.369 e. The summed E-state index contributed by atoms with van der Waals surface area (Å²) in [5, 5.41) is 0. The molecule has 2 fully saturated rings. The molecule has 0 spiro atoms. The minimum atomic E-state index is 0.829. The zero-order valence-electron chi connectivity index (χ0n) is 12.7. The third-order valence-electron chi connectivity index (χ3n) is 4.96. The van der Waals surface area contributed by atoms with Gasteiger partial charge in [-0.15, -0.1) is 0 Å². The van der Waals surface area contributed by atoms with Crippen molar-refractivity contribution >= 4 is 5.69 Å². The van der Waals surface area contributed by atoms with E-state index >= 15 is 0 Å². The van der Waals surface area contributed by atoms with Crippen LogP contribution in [0.2, 0.25) is 0 Å². The maximum Gasteiger partial charge on any atom is 0.0367 e. The smallest absolute Gasteiger partial charge is 0.0367 e. The second kappa shape index (κ2) is 6.59. The number of rotatable bonds is 3. The van der Waals surface area contributed by atoms with Crippen molar-refractivity contribution in [1.29, 1.82) is 0 Å². The summed E-state index contributed by atoms with van der Waals surface area (Å²) in [6, 6.07) is 11.7. The first kappa shape index (κ1) is 13.9. The average molecular weight is 273 g/mol. The van der Waals surface area contributed by atoms with Crippen LogP contribution in [0.5, 0.6) is 0 Å². The largest absolute Gasteiger partial charge is 0.369 e. The van der Waals surface area contributed by atoms with Crippen LogP contribution in [0.3, 0.4) is 0 Å². The molecule has 0 atom stereocenters. The summed E-state index contributed by atoms with van der Waals surface area (Å²) in [6.45, 7) is 10.9. The van der Waals surface area contributed by atoms with Crippen molar-refractivity contribution in [2.24, 2.45) is 0 Å². The Balaban J connectivity index is 1.49. The van der Waals surface area contributed by atoms with Gasteiger partial charge in [0.1, 0.15) is 0 Å². The van der Waals surface area contributed by atoms with E-state index in [1.807, 2.05) is 0 Å². The number of nitrogens with zero attached hydrogens (tertiary/aromatic N) is 3.